The largest absolute Gasteiger partial charge is 0.494 e. The van der Waals surface area contributed by atoms with E-state index in [0.717, 1.165) is 41.3 Å². The first-order valence-electron chi connectivity index (χ1n) is 9.43. The van der Waals surface area contributed by atoms with Crippen LogP contribution in [0.15, 0.2) is 42.5 Å². The molecular weight excluding hydrogens is 324 g/mol. The summed E-state index contributed by atoms with van der Waals surface area (Å²) in [5.74, 6) is 0.811. The Morgan fingerprint density at radius 2 is 1.65 bits per heavy atom. The lowest BCUT2D eigenvalue weighted by Gasteiger charge is -2.12. The van der Waals surface area contributed by atoms with Crippen LogP contribution < -0.4 is 15.4 Å². The molecule has 0 saturated carbocycles. The Balaban J connectivity index is 1.76. The molecule has 0 saturated heterocycles. The smallest absolute Gasteiger partial charge is 0.243 e. The molecular formula is C22H30N2O2. The highest BCUT2D eigenvalue weighted by atomic mass is 16.5. The lowest BCUT2D eigenvalue weighted by Crippen LogP contribution is -2.22. The standard InChI is InChI=1S/C22H30N2O2/c1-4-5-6-7-15-26-20-13-11-19(12-14-20)23-16-21(25)24-22-17(2)9-8-10-18(22)3/h8-14,23H,4-7,15-16H2,1-3H3,(H,24,25). The van der Waals surface area contributed by atoms with Crippen molar-refractivity contribution >= 4 is 17.3 Å². The van der Waals surface area contributed by atoms with E-state index in [2.05, 4.69) is 17.6 Å². The number of unbranched alkanes of at least 4 members (excludes halogenated alkanes) is 3. The fraction of sp³-hybridized carbons (Fsp3) is 0.409. The van der Waals surface area contributed by atoms with Gasteiger partial charge in [0.15, 0.2) is 0 Å². The molecule has 4 nitrogen and oxygen atoms in total. The maximum Gasteiger partial charge on any atom is 0.243 e. The third-order valence-corrected chi connectivity index (χ3v) is 4.32. The van der Waals surface area contributed by atoms with E-state index in [-0.39, 0.29) is 12.5 Å². The van der Waals surface area contributed by atoms with Gasteiger partial charge in [-0.2, -0.15) is 0 Å². The van der Waals surface area contributed by atoms with Crippen LogP contribution in [0.2, 0.25) is 0 Å². The van der Waals surface area contributed by atoms with Crippen molar-refractivity contribution in [2.24, 2.45) is 0 Å². The predicted octanol–water partition coefficient (Wildman–Crippen LogP) is 5.31. The summed E-state index contributed by atoms with van der Waals surface area (Å²) in [6.07, 6.45) is 4.80. The number of hydrogen-bond donors (Lipinski definition) is 2. The van der Waals surface area contributed by atoms with E-state index >= 15 is 0 Å². The molecule has 2 N–H and O–H groups in total. The molecule has 2 aromatic carbocycles. The van der Waals surface area contributed by atoms with E-state index in [1.807, 2.05) is 56.3 Å². The van der Waals surface area contributed by atoms with Crippen LogP contribution in [-0.2, 0) is 4.79 Å². The second-order valence-electron chi connectivity index (χ2n) is 6.60. The molecule has 0 fully saturated rings. The van der Waals surface area contributed by atoms with Gasteiger partial charge in [-0.25, -0.2) is 0 Å². The van der Waals surface area contributed by atoms with E-state index < -0.39 is 0 Å². The van der Waals surface area contributed by atoms with Crippen molar-refractivity contribution in [2.45, 2.75) is 46.5 Å². The van der Waals surface area contributed by atoms with Crippen molar-refractivity contribution in [1.82, 2.24) is 0 Å². The van der Waals surface area contributed by atoms with Crippen LogP contribution in [0.3, 0.4) is 0 Å². The molecule has 2 aromatic rings. The van der Waals surface area contributed by atoms with E-state index in [1.54, 1.807) is 0 Å². The molecule has 0 unspecified atom stereocenters. The second kappa shape index (κ2) is 10.5. The zero-order chi connectivity index (χ0) is 18.8. The van der Waals surface area contributed by atoms with Crippen molar-refractivity contribution < 1.29 is 9.53 Å². The number of para-hydroxylation sites is 1. The lowest BCUT2D eigenvalue weighted by atomic mass is 10.1. The highest BCUT2D eigenvalue weighted by Crippen LogP contribution is 2.19. The van der Waals surface area contributed by atoms with Crippen LogP contribution in [0.4, 0.5) is 11.4 Å². The molecule has 2 rings (SSSR count). The van der Waals surface area contributed by atoms with Crippen molar-refractivity contribution in [3.8, 4) is 5.75 Å². The summed E-state index contributed by atoms with van der Waals surface area (Å²) in [6, 6.07) is 13.7. The van der Waals surface area contributed by atoms with Crippen LogP contribution in [0.25, 0.3) is 0 Å². The molecule has 0 aliphatic carbocycles. The van der Waals surface area contributed by atoms with Crippen LogP contribution in [0.5, 0.6) is 5.75 Å². The highest BCUT2D eigenvalue weighted by Gasteiger charge is 2.07. The molecule has 1 amide bonds. The molecule has 4 heteroatoms. The lowest BCUT2D eigenvalue weighted by molar-refractivity contribution is -0.114. The number of ether oxygens (including phenoxy) is 1. The van der Waals surface area contributed by atoms with E-state index in [9.17, 15) is 4.79 Å². The number of benzene rings is 2. The topological polar surface area (TPSA) is 50.4 Å². The minimum atomic E-state index is -0.0568. The number of carbonyl (C=O) groups is 1. The van der Waals surface area contributed by atoms with Crippen LogP contribution in [0.1, 0.15) is 43.7 Å². The Bertz CT molecular complexity index is 676. The van der Waals surface area contributed by atoms with Gasteiger partial charge in [0.2, 0.25) is 5.91 Å². The normalized spacial score (nSPS) is 10.4. The number of anilines is 2. The number of aryl methyl sites for hydroxylation is 2. The fourth-order valence-corrected chi connectivity index (χ4v) is 2.77. The van der Waals surface area contributed by atoms with Gasteiger partial charge in [-0.3, -0.25) is 4.79 Å². The quantitative estimate of drug-likeness (QED) is 0.568. The third kappa shape index (κ3) is 6.43. The maximum absolute atomic E-state index is 12.2. The third-order valence-electron chi connectivity index (χ3n) is 4.32. The first-order valence-corrected chi connectivity index (χ1v) is 9.43. The Morgan fingerprint density at radius 1 is 0.962 bits per heavy atom. The van der Waals surface area contributed by atoms with Gasteiger partial charge >= 0.3 is 0 Å². The summed E-state index contributed by atoms with van der Waals surface area (Å²) in [6.45, 7) is 7.18. The summed E-state index contributed by atoms with van der Waals surface area (Å²) >= 11 is 0. The SMILES string of the molecule is CCCCCCOc1ccc(NCC(=O)Nc2c(C)cccc2C)cc1. The van der Waals surface area contributed by atoms with Gasteiger partial charge in [-0.1, -0.05) is 44.4 Å². The van der Waals surface area contributed by atoms with Gasteiger partial charge in [0.25, 0.3) is 0 Å². The molecule has 140 valence electrons. The van der Waals surface area contributed by atoms with Crippen LogP contribution >= 0.6 is 0 Å². The molecule has 0 spiro atoms. The number of nitrogens with one attached hydrogen (secondary N) is 2. The Morgan fingerprint density at radius 3 is 2.31 bits per heavy atom. The summed E-state index contributed by atoms with van der Waals surface area (Å²) in [5, 5.41) is 6.13. The molecule has 26 heavy (non-hydrogen) atoms. The monoisotopic (exact) mass is 354 g/mol. The van der Waals surface area contributed by atoms with Gasteiger partial charge < -0.3 is 15.4 Å². The van der Waals surface area contributed by atoms with Crippen LogP contribution in [0, 0.1) is 13.8 Å². The molecule has 0 radical (unpaired) electrons. The Labute approximate surface area is 157 Å². The predicted molar refractivity (Wildman–Crippen MR) is 109 cm³/mol. The zero-order valence-electron chi connectivity index (χ0n) is 16.1. The zero-order valence-corrected chi connectivity index (χ0v) is 16.1. The minimum absolute atomic E-state index is 0.0568. The fourth-order valence-electron chi connectivity index (χ4n) is 2.77. The second-order valence-corrected chi connectivity index (χ2v) is 6.60. The number of rotatable bonds is 10. The molecule has 0 heterocycles. The summed E-state index contributed by atoms with van der Waals surface area (Å²) in [5.41, 5.74) is 3.93. The molecule has 0 aromatic heterocycles. The summed E-state index contributed by atoms with van der Waals surface area (Å²) in [4.78, 5) is 12.2. The molecule has 0 bridgehead atoms. The molecule has 0 atom stereocenters. The summed E-state index contributed by atoms with van der Waals surface area (Å²) in [7, 11) is 0. The van der Waals surface area contributed by atoms with Gasteiger partial charge in [0.05, 0.1) is 13.2 Å². The van der Waals surface area contributed by atoms with Gasteiger partial charge in [0, 0.05) is 11.4 Å². The maximum atomic E-state index is 12.2. The molecule has 0 aliphatic rings. The van der Waals surface area contributed by atoms with E-state index in [4.69, 9.17) is 4.74 Å². The summed E-state index contributed by atoms with van der Waals surface area (Å²) < 4.78 is 5.73. The van der Waals surface area contributed by atoms with Crippen LogP contribution in [-0.4, -0.2) is 19.1 Å². The number of hydrogen-bond acceptors (Lipinski definition) is 3. The average molecular weight is 354 g/mol. The first kappa shape index (κ1) is 19.8. The molecule has 0 aliphatic heterocycles. The van der Waals surface area contributed by atoms with Gasteiger partial charge in [-0.15, -0.1) is 0 Å². The Hall–Kier alpha value is -2.49. The van der Waals surface area contributed by atoms with Crippen molar-refractivity contribution in [2.75, 3.05) is 23.8 Å². The van der Waals surface area contributed by atoms with Crippen molar-refractivity contribution in [3.05, 3.63) is 53.6 Å². The van der Waals surface area contributed by atoms with Gasteiger partial charge in [0.1, 0.15) is 5.75 Å². The van der Waals surface area contributed by atoms with E-state index in [1.165, 1.54) is 19.3 Å². The minimum Gasteiger partial charge on any atom is -0.494 e. The number of amides is 1. The first-order chi connectivity index (χ1) is 12.6. The Kier molecular flexibility index (Phi) is 8.00. The van der Waals surface area contributed by atoms with E-state index in [0.29, 0.717) is 0 Å². The average Bonchev–Trinajstić information content (AvgIpc) is 2.64. The number of carbonyl (C=O) groups excluding carboxylic acids is 1. The van der Waals surface area contributed by atoms with Gasteiger partial charge in [-0.05, 0) is 55.7 Å². The van der Waals surface area contributed by atoms with Crippen molar-refractivity contribution in [3.63, 3.8) is 0 Å². The van der Waals surface area contributed by atoms with Crippen molar-refractivity contribution in [1.29, 1.82) is 0 Å². The highest BCUT2D eigenvalue weighted by molar-refractivity contribution is 5.95.